The maximum Gasteiger partial charge on any atom is 0.244 e. The lowest BCUT2D eigenvalue weighted by molar-refractivity contribution is -0.140. The van der Waals surface area contributed by atoms with Crippen LogP contribution in [0.3, 0.4) is 0 Å². The maximum atomic E-state index is 13.9. The molecule has 0 bridgehead atoms. The molecule has 1 aliphatic carbocycles. The molecule has 2 aromatic carbocycles. The first-order chi connectivity index (χ1) is 17.5. The summed E-state index contributed by atoms with van der Waals surface area (Å²) in [6.45, 7) is 7.51. The minimum Gasteiger partial charge on any atom is -0.352 e. The van der Waals surface area contributed by atoms with Gasteiger partial charge in [-0.25, -0.2) is 8.42 Å². The van der Waals surface area contributed by atoms with E-state index >= 15 is 0 Å². The number of benzene rings is 2. The smallest absolute Gasteiger partial charge is 0.244 e. The van der Waals surface area contributed by atoms with Crippen LogP contribution in [0.2, 0.25) is 0 Å². The van der Waals surface area contributed by atoms with Crippen molar-refractivity contribution in [2.24, 2.45) is 0 Å². The Morgan fingerprint density at radius 3 is 2.19 bits per heavy atom. The molecular formula is C29H41N3O4S. The monoisotopic (exact) mass is 527 g/mol. The SMILES string of the molecule is CC[C@@H](C(=O)NC1CCCCC1)N(Cc1ccccc1C)C(=O)CN(c1cc(C)cc(C)c1)S(C)(=O)=O. The van der Waals surface area contributed by atoms with Gasteiger partial charge in [0.05, 0.1) is 11.9 Å². The van der Waals surface area contributed by atoms with Crippen molar-refractivity contribution in [1.82, 2.24) is 10.2 Å². The van der Waals surface area contributed by atoms with E-state index in [0.717, 1.165) is 58.5 Å². The van der Waals surface area contributed by atoms with Crippen LogP contribution < -0.4 is 9.62 Å². The van der Waals surface area contributed by atoms with Crippen molar-refractivity contribution in [3.63, 3.8) is 0 Å². The number of carbonyl (C=O) groups excluding carboxylic acids is 2. The third-order valence-corrected chi connectivity index (χ3v) is 8.25. The Kier molecular flexibility index (Phi) is 9.76. The fourth-order valence-electron chi connectivity index (χ4n) is 5.14. The molecule has 1 saturated carbocycles. The van der Waals surface area contributed by atoms with Gasteiger partial charge in [0.25, 0.3) is 0 Å². The van der Waals surface area contributed by atoms with Crippen LogP contribution in [0.25, 0.3) is 0 Å². The maximum absolute atomic E-state index is 13.9. The van der Waals surface area contributed by atoms with Crippen LogP contribution in [0, 0.1) is 20.8 Å². The van der Waals surface area contributed by atoms with Crippen molar-refractivity contribution in [3.05, 3.63) is 64.7 Å². The van der Waals surface area contributed by atoms with Crippen LogP contribution in [0.15, 0.2) is 42.5 Å². The minimum absolute atomic E-state index is 0.119. The van der Waals surface area contributed by atoms with Gasteiger partial charge in [0.15, 0.2) is 0 Å². The highest BCUT2D eigenvalue weighted by Gasteiger charge is 2.33. The van der Waals surface area contributed by atoms with Crippen molar-refractivity contribution in [2.45, 2.75) is 84.8 Å². The van der Waals surface area contributed by atoms with Crippen molar-refractivity contribution < 1.29 is 18.0 Å². The van der Waals surface area contributed by atoms with Gasteiger partial charge in [-0.2, -0.15) is 0 Å². The predicted octanol–water partition coefficient (Wildman–Crippen LogP) is 4.63. The number of carbonyl (C=O) groups is 2. The van der Waals surface area contributed by atoms with Crippen LogP contribution >= 0.6 is 0 Å². The Morgan fingerprint density at radius 2 is 1.62 bits per heavy atom. The molecule has 1 fully saturated rings. The molecule has 3 rings (SSSR count). The number of sulfonamides is 1. The van der Waals surface area contributed by atoms with E-state index in [9.17, 15) is 18.0 Å². The summed E-state index contributed by atoms with van der Waals surface area (Å²) in [6, 6.07) is 12.7. The average molecular weight is 528 g/mol. The highest BCUT2D eigenvalue weighted by Crippen LogP contribution is 2.24. The summed E-state index contributed by atoms with van der Waals surface area (Å²) in [5, 5.41) is 3.17. The molecule has 37 heavy (non-hydrogen) atoms. The summed E-state index contributed by atoms with van der Waals surface area (Å²) in [6.07, 6.45) is 6.79. The number of nitrogens with zero attached hydrogens (tertiary/aromatic N) is 2. The van der Waals surface area contributed by atoms with Crippen molar-refractivity contribution in [1.29, 1.82) is 0 Å². The number of anilines is 1. The summed E-state index contributed by atoms with van der Waals surface area (Å²) in [7, 11) is -3.75. The molecule has 2 amide bonds. The summed E-state index contributed by atoms with van der Waals surface area (Å²) in [5.74, 6) is -0.577. The van der Waals surface area contributed by atoms with Crippen molar-refractivity contribution >= 4 is 27.5 Å². The van der Waals surface area contributed by atoms with E-state index in [2.05, 4.69) is 5.32 Å². The van der Waals surface area contributed by atoms with Crippen LogP contribution in [-0.4, -0.2) is 50.0 Å². The van der Waals surface area contributed by atoms with E-state index in [1.54, 1.807) is 17.0 Å². The molecule has 0 aliphatic heterocycles. The highest BCUT2D eigenvalue weighted by molar-refractivity contribution is 7.92. The minimum atomic E-state index is -3.75. The topological polar surface area (TPSA) is 86.8 Å². The van der Waals surface area contributed by atoms with E-state index in [0.29, 0.717) is 12.1 Å². The number of hydrogen-bond acceptors (Lipinski definition) is 4. The lowest BCUT2D eigenvalue weighted by atomic mass is 9.95. The molecule has 1 aliphatic rings. The molecule has 7 nitrogen and oxygen atoms in total. The average Bonchev–Trinajstić information content (AvgIpc) is 2.82. The van der Waals surface area contributed by atoms with E-state index in [1.807, 2.05) is 58.0 Å². The van der Waals surface area contributed by atoms with E-state index in [-0.39, 0.29) is 25.0 Å². The first kappa shape index (κ1) is 28.7. The lowest BCUT2D eigenvalue weighted by Gasteiger charge is -2.34. The highest BCUT2D eigenvalue weighted by atomic mass is 32.2. The fourth-order valence-corrected chi connectivity index (χ4v) is 5.98. The first-order valence-corrected chi connectivity index (χ1v) is 15.0. The second kappa shape index (κ2) is 12.6. The summed E-state index contributed by atoms with van der Waals surface area (Å²) >= 11 is 0. The zero-order valence-electron chi connectivity index (χ0n) is 22.8. The number of nitrogens with one attached hydrogen (secondary N) is 1. The van der Waals surface area contributed by atoms with Gasteiger partial charge in [0, 0.05) is 12.6 Å². The third-order valence-electron chi connectivity index (χ3n) is 7.11. The van der Waals surface area contributed by atoms with Crippen LogP contribution in [0.5, 0.6) is 0 Å². The van der Waals surface area contributed by atoms with Crippen LogP contribution in [-0.2, 0) is 26.2 Å². The van der Waals surface area contributed by atoms with Crippen LogP contribution in [0.1, 0.15) is 67.7 Å². The zero-order valence-corrected chi connectivity index (χ0v) is 23.6. The van der Waals surface area contributed by atoms with Crippen molar-refractivity contribution in [3.8, 4) is 0 Å². The molecule has 0 heterocycles. The second-order valence-electron chi connectivity index (χ2n) is 10.3. The molecule has 2 aromatic rings. The van der Waals surface area contributed by atoms with Crippen molar-refractivity contribution in [2.75, 3.05) is 17.1 Å². The third kappa shape index (κ3) is 7.81. The Balaban J connectivity index is 1.94. The zero-order chi connectivity index (χ0) is 27.2. The molecule has 0 aromatic heterocycles. The van der Waals surface area contributed by atoms with Gasteiger partial charge in [-0.15, -0.1) is 0 Å². The van der Waals surface area contributed by atoms with Gasteiger partial charge in [0.1, 0.15) is 12.6 Å². The molecule has 0 spiro atoms. The van der Waals surface area contributed by atoms with Gasteiger partial charge in [-0.3, -0.25) is 13.9 Å². The van der Waals surface area contributed by atoms with Gasteiger partial charge < -0.3 is 10.2 Å². The Hall–Kier alpha value is -2.87. The second-order valence-corrected chi connectivity index (χ2v) is 12.2. The number of aryl methyl sites for hydroxylation is 3. The molecular weight excluding hydrogens is 486 g/mol. The number of hydrogen-bond donors (Lipinski definition) is 1. The number of amides is 2. The summed E-state index contributed by atoms with van der Waals surface area (Å²) in [5.41, 5.74) is 4.20. The molecule has 1 N–H and O–H groups in total. The van der Waals surface area contributed by atoms with E-state index < -0.39 is 22.0 Å². The molecule has 202 valence electrons. The standard InChI is InChI=1S/C29H41N3O4S/c1-6-27(29(34)30-25-14-8-7-9-15-25)31(19-24-13-11-10-12-23(24)4)28(33)20-32(37(5,35)36)26-17-21(2)16-22(3)18-26/h10-13,16-18,25,27H,6-9,14-15,19-20H2,1-5H3,(H,30,34)/t27-/m0/s1. The molecule has 1 atom stereocenters. The van der Waals surface area contributed by atoms with Crippen LogP contribution in [0.4, 0.5) is 5.69 Å². The summed E-state index contributed by atoms with van der Waals surface area (Å²) < 4.78 is 26.8. The molecule has 8 heteroatoms. The lowest BCUT2D eigenvalue weighted by Crippen LogP contribution is -2.54. The molecule has 0 unspecified atom stereocenters. The Labute approximate surface area is 222 Å². The molecule has 0 saturated heterocycles. The Morgan fingerprint density at radius 1 is 1.00 bits per heavy atom. The largest absolute Gasteiger partial charge is 0.352 e. The Bertz CT molecular complexity index is 1190. The van der Waals surface area contributed by atoms with E-state index in [1.165, 1.54) is 6.42 Å². The normalized spacial score (nSPS) is 15.2. The molecule has 0 radical (unpaired) electrons. The van der Waals surface area contributed by atoms with Gasteiger partial charge >= 0.3 is 0 Å². The van der Waals surface area contributed by atoms with Gasteiger partial charge in [0.2, 0.25) is 21.8 Å². The quantitative estimate of drug-likeness (QED) is 0.488. The van der Waals surface area contributed by atoms with Gasteiger partial charge in [-0.05, 0) is 74.4 Å². The predicted molar refractivity (Wildman–Crippen MR) is 149 cm³/mol. The van der Waals surface area contributed by atoms with Gasteiger partial charge in [-0.1, -0.05) is 56.5 Å². The fraction of sp³-hybridized carbons (Fsp3) is 0.517. The summed E-state index contributed by atoms with van der Waals surface area (Å²) in [4.78, 5) is 28.9. The van der Waals surface area contributed by atoms with E-state index in [4.69, 9.17) is 0 Å². The first-order valence-electron chi connectivity index (χ1n) is 13.2. The number of rotatable bonds is 10.